The molecule has 2 amide bonds. The quantitative estimate of drug-likeness (QED) is 0.517. The molecule has 0 bridgehead atoms. The van der Waals surface area contributed by atoms with Crippen LogP contribution in [-0.2, 0) is 13.6 Å². The number of fused-ring (bicyclic) bond motifs is 1. The average molecular weight is 451 g/mol. The first-order valence-electron chi connectivity index (χ1n) is 10.4. The number of hydrogen-bond acceptors (Lipinski definition) is 5. The largest absolute Gasteiger partial charge is 0.352 e. The van der Waals surface area contributed by atoms with E-state index in [-0.39, 0.29) is 6.03 Å². The van der Waals surface area contributed by atoms with Gasteiger partial charge in [0, 0.05) is 62.1 Å². The van der Waals surface area contributed by atoms with Gasteiger partial charge in [-0.15, -0.1) is 0 Å². The second kappa shape index (κ2) is 8.51. The molecule has 1 aliphatic heterocycles. The summed E-state index contributed by atoms with van der Waals surface area (Å²) in [6, 6.07) is 9.43. The van der Waals surface area contributed by atoms with Gasteiger partial charge >= 0.3 is 6.03 Å². The topological polar surface area (TPSA) is 83.6 Å². The minimum absolute atomic E-state index is 0.0584. The molecule has 0 radical (unpaired) electrons. The normalized spacial score (nSPS) is 14.2. The maximum atomic E-state index is 12.6. The van der Waals surface area contributed by atoms with E-state index in [1.165, 1.54) is 0 Å². The first kappa shape index (κ1) is 20.3. The van der Waals surface area contributed by atoms with Crippen molar-refractivity contribution in [3.8, 4) is 11.1 Å². The molecular formula is C22H23ClN8O. The van der Waals surface area contributed by atoms with Crippen LogP contribution in [0.5, 0.6) is 0 Å². The summed E-state index contributed by atoms with van der Waals surface area (Å²) in [7, 11) is 1.89. The van der Waals surface area contributed by atoms with E-state index in [0.717, 1.165) is 28.2 Å². The number of hydrogen-bond donors (Lipinski definition) is 1. The van der Waals surface area contributed by atoms with Crippen LogP contribution in [0.15, 0.2) is 55.1 Å². The molecule has 3 aromatic heterocycles. The molecule has 9 nitrogen and oxygen atoms in total. The SMILES string of the molecule is Cn1cc(-c2cnn3c(N4CCN(C(=O)NCc5ccc(Cl)cc5)CC4)cnc3c2)cn1. The first-order chi connectivity index (χ1) is 15.6. The van der Waals surface area contributed by atoms with Gasteiger partial charge in [-0.1, -0.05) is 23.7 Å². The molecule has 10 heteroatoms. The summed E-state index contributed by atoms with van der Waals surface area (Å²) >= 11 is 5.91. The molecule has 0 spiro atoms. The zero-order valence-corrected chi connectivity index (χ0v) is 18.4. The number of anilines is 1. The fourth-order valence-electron chi connectivity index (χ4n) is 3.84. The fraction of sp³-hybridized carbons (Fsp3) is 0.273. The molecule has 5 rings (SSSR count). The van der Waals surface area contributed by atoms with E-state index in [2.05, 4.69) is 25.4 Å². The van der Waals surface area contributed by atoms with Crippen molar-refractivity contribution in [1.82, 2.24) is 34.6 Å². The molecule has 32 heavy (non-hydrogen) atoms. The monoisotopic (exact) mass is 450 g/mol. The number of aromatic nitrogens is 5. The van der Waals surface area contributed by atoms with Crippen molar-refractivity contribution in [2.75, 3.05) is 31.1 Å². The van der Waals surface area contributed by atoms with Crippen LogP contribution in [0.25, 0.3) is 16.8 Å². The number of piperazine rings is 1. The molecule has 1 N–H and O–H groups in total. The van der Waals surface area contributed by atoms with Gasteiger partial charge < -0.3 is 15.1 Å². The zero-order chi connectivity index (χ0) is 22.1. The van der Waals surface area contributed by atoms with E-state index in [9.17, 15) is 4.79 Å². The lowest BCUT2D eigenvalue weighted by Gasteiger charge is -2.35. The molecular weight excluding hydrogens is 428 g/mol. The van der Waals surface area contributed by atoms with Gasteiger partial charge in [0.1, 0.15) is 0 Å². The highest BCUT2D eigenvalue weighted by molar-refractivity contribution is 6.30. The third kappa shape index (κ3) is 4.11. The van der Waals surface area contributed by atoms with E-state index >= 15 is 0 Å². The van der Waals surface area contributed by atoms with Crippen molar-refractivity contribution in [3.05, 3.63) is 65.7 Å². The number of amides is 2. The van der Waals surface area contributed by atoms with Crippen LogP contribution in [0.1, 0.15) is 5.56 Å². The minimum atomic E-state index is -0.0584. The number of halogens is 1. The number of aryl methyl sites for hydroxylation is 1. The molecule has 164 valence electrons. The van der Waals surface area contributed by atoms with Crippen molar-refractivity contribution in [2.24, 2.45) is 7.05 Å². The number of imidazole rings is 1. The molecule has 0 atom stereocenters. The number of urea groups is 1. The molecule has 0 unspecified atom stereocenters. The van der Waals surface area contributed by atoms with Crippen LogP contribution < -0.4 is 10.2 Å². The molecule has 0 saturated carbocycles. The van der Waals surface area contributed by atoms with Gasteiger partial charge in [-0.25, -0.2) is 9.78 Å². The summed E-state index contributed by atoms with van der Waals surface area (Å²) in [6.45, 7) is 3.18. The summed E-state index contributed by atoms with van der Waals surface area (Å²) in [5.41, 5.74) is 3.78. The van der Waals surface area contributed by atoms with E-state index in [4.69, 9.17) is 11.6 Å². The van der Waals surface area contributed by atoms with Crippen molar-refractivity contribution in [2.45, 2.75) is 6.54 Å². The highest BCUT2D eigenvalue weighted by Crippen LogP contribution is 2.22. The van der Waals surface area contributed by atoms with E-state index in [0.29, 0.717) is 37.7 Å². The van der Waals surface area contributed by atoms with Gasteiger partial charge in [0.05, 0.1) is 18.6 Å². The predicted octanol–water partition coefficient (Wildman–Crippen LogP) is 2.82. The fourth-order valence-corrected chi connectivity index (χ4v) is 3.96. The van der Waals surface area contributed by atoms with Crippen molar-refractivity contribution in [1.29, 1.82) is 0 Å². The molecule has 4 heterocycles. The van der Waals surface area contributed by atoms with E-state index in [1.54, 1.807) is 4.68 Å². The number of nitrogens with zero attached hydrogens (tertiary/aromatic N) is 7. The molecule has 0 aliphatic carbocycles. The predicted molar refractivity (Wildman–Crippen MR) is 123 cm³/mol. The lowest BCUT2D eigenvalue weighted by Crippen LogP contribution is -2.52. The number of carbonyl (C=O) groups excluding carboxylic acids is 1. The van der Waals surface area contributed by atoms with Crippen molar-refractivity contribution >= 4 is 29.1 Å². The summed E-state index contributed by atoms with van der Waals surface area (Å²) in [4.78, 5) is 21.1. The Balaban J connectivity index is 1.21. The summed E-state index contributed by atoms with van der Waals surface area (Å²) in [5, 5.41) is 12.5. The van der Waals surface area contributed by atoms with Gasteiger partial charge in [0.25, 0.3) is 0 Å². The van der Waals surface area contributed by atoms with E-state index < -0.39 is 0 Å². The second-order valence-electron chi connectivity index (χ2n) is 7.79. The van der Waals surface area contributed by atoms with Gasteiger partial charge in [0.15, 0.2) is 11.5 Å². The average Bonchev–Trinajstić information content (AvgIpc) is 3.44. The summed E-state index contributed by atoms with van der Waals surface area (Å²) < 4.78 is 3.61. The first-order valence-corrected chi connectivity index (χ1v) is 10.8. The van der Waals surface area contributed by atoms with Crippen LogP contribution >= 0.6 is 11.6 Å². The number of nitrogens with one attached hydrogen (secondary N) is 1. The Kier molecular flexibility index (Phi) is 5.40. The van der Waals surface area contributed by atoms with Crippen molar-refractivity contribution < 1.29 is 4.79 Å². The summed E-state index contributed by atoms with van der Waals surface area (Å²) in [5.74, 6) is 0.930. The third-order valence-corrected chi connectivity index (χ3v) is 5.88. The Bertz CT molecular complexity index is 1240. The Labute approximate surface area is 190 Å². The molecule has 1 aliphatic rings. The Hall–Kier alpha value is -3.59. The van der Waals surface area contributed by atoms with Crippen LogP contribution in [0.4, 0.5) is 10.6 Å². The molecule has 4 aromatic rings. The Morgan fingerprint density at radius 2 is 1.78 bits per heavy atom. The summed E-state index contributed by atoms with van der Waals surface area (Å²) in [6.07, 6.45) is 7.43. The second-order valence-corrected chi connectivity index (χ2v) is 8.23. The van der Waals surface area contributed by atoms with Crippen LogP contribution in [0.3, 0.4) is 0 Å². The maximum absolute atomic E-state index is 12.6. The minimum Gasteiger partial charge on any atom is -0.352 e. The highest BCUT2D eigenvalue weighted by Gasteiger charge is 2.23. The number of benzene rings is 1. The van der Waals surface area contributed by atoms with Crippen LogP contribution in [-0.4, -0.2) is 61.5 Å². The third-order valence-electron chi connectivity index (χ3n) is 5.63. The number of rotatable bonds is 4. The smallest absolute Gasteiger partial charge is 0.317 e. The van der Waals surface area contributed by atoms with Crippen LogP contribution in [0, 0.1) is 0 Å². The standard InChI is InChI=1S/C22H23ClN8O/c1-28-15-18(13-26-28)17-10-20-24-14-21(31(20)27-12-17)29-6-8-30(9-7-29)22(32)25-11-16-2-4-19(23)5-3-16/h2-5,10,12-15H,6-9,11H2,1H3,(H,25,32). The van der Waals surface area contributed by atoms with Gasteiger partial charge in [-0.3, -0.25) is 4.68 Å². The lowest BCUT2D eigenvalue weighted by atomic mass is 10.2. The highest BCUT2D eigenvalue weighted by atomic mass is 35.5. The molecule has 1 aromatic carbocycles. The van der Waals surface area contributed by atoms with Crippen LogP contribution in [0.2, 0.25) is 5.02 Å². The number of carbonyl (C=O) groups is 1. The van der Waals surface area contributed by atoms with E-state index in [1.807, 2.05) is 71.6 Å². The van der Waals surface area contributed by atoms with Gasteiger partial charge in [-0.2, -0.15) is 14.7 Å². The van der Waals surface area contributed by atoms with Gasteiger partial charge in [-0.05, 0) is 23.8 Å². The maximum Gasteiger partial charge on any atom is 0.317 e. The Morgan fingerprint density at radius 1 is 1.03 bits per heavy atom. The van der Waals surface area contributed by atoms with Crippen molar-refractivity contribution in [3.63, 3.8) is 0 Å². The lowest BCUT2D eigenvalue weighted by molar-refractivity contribution is 0.193. The Morgan fingerprint density at radius 3 is 2.50 bits per heavy atom. The van der Waals surface area contributed by atoms with Gasteiger partial charge in [0.2, 0.25) is 0 Å². The molecule has 1 saturated heterocycles. The zero-order valence-electron chi connectivity index (χ0n) is 17.6. The molecule has 1 fully saturated rings.